The number of benzene rings is 1. The Morgan fingerprint density at radius 2 is 2.00 bits per heavy atom. The average Bonchev–Trinajstić information content (AvgIpc) is 2.45. The number of carbonyl (C=O) groups excluding carboxylic acids is 2. The summed E-state index contributed by atoms with van der Waals surface area (Å²) in [6, 6.07) is 3.05. The van der Waals surface area contributed by atoms with Crippen molar-refractivity contribution in [2.24, 2.45) is 0 Å². The summed E-state index contributed by atoms with van der Waals surface area (Å²) in [6.45, 7) is 5.14. The molecule has 0 aliphatic heterocycles. The van der Waals surface area contributed by atoms with Crippen molar-refractivity contribution < 1.29 is 24.0 Å². The maximum atomic E-state index is 12.1. The first kappa shape index (κ1) is 18.4. The summed E-state index contributed by atoms with van der Waals surface area (Å²) in [5.41, 5.74) is -0.539. The first-order chi connectivity index (χ1) is 10.6. The molecule has 0 aromatic heterocycles. The molecule has 0 radical (unpaired) electrons. The minimum Gasteiger partial charge on any atom is -0.490 e. The van der Waals surface area contributed by atoms with Crippen molar-refractivity contribution in [1.82, 2.24) is 4.90 Å². The molecule has 1 rings (SSSR count). The Kier molecular flexibility index (Phi) is 5.67. The summed E-state index contributed by atoms with van der Waals surface area (Å²) >= 11 is 0. The zero-order valence-corrected chi connectivity index (χ0v) is 13.7. The number of methoxy groups -OCH3 is 1. The molecule has 0 saturated heterocycles. The number of rotatable bonds is 5. The van der Waals surface area contributed by atoms with E-state index in [-0.39, 0.29) is 11.4 Å². The van der Waals surface area contributed by atoms with Crippen LogP contribution in [0.15, 0.2) is 18.2 Å². The minimum absolute atomic E-state index is 0.0111. The molecular formula is C15H20N2O6. The van der Waals surface area contributed by atoms with Gasteiger partial charge in [0, 0.05) is 13.1 Å². The fourth-order valence-electron chi connectivity index (χ4n) is 1.87. The predicted octanol–water partition coefficient (Wildman–Crippen LogP) is 2.71. The number of hydrogen-bond acceptors (Lipinski definition) is 6. The number of ether oxygens (including phenoxy) is 2. The van der Waals surface area contributed by atoms with Gasteiger partial charge >= 0.3 is 11.8 Å². The average molecular weight is 324 g/mol. The highest BCUT2D eigenvalue weighted by atomic mass is 16.6. The number of nitro benzene ring substituents is 1. The second-order valence-corrected chi connectivity index (χ2v) is 5.86. The SMILES string of the molecule is COc1cc(C(C=O)N(C)C(=O)OC(C)(C)C)ccc1[N+](=O)[O-]. The second-order valence-electron chi connectivity index (χ2n) is 5.86. The van der Waals surface area contributed by atoms with E-state index in [4.69, 9.17) is 9.47 Å². The van der Waals surface area contributed by atoms with Crippen molar-refractivity contribution >= 4 is 18.1 Å². The van der Waals surface area contributed by atoms with Crippen LogP contribution < -0.4 is 4.74 Å². The minimum atomic E-state index is -0.945. The van der Waals surface area contributed by atoms with Crippen molar-refractivity contribution in [2.45, 2.75) is 32.4 Å². The van der Waals surface area contributed by atoms with Gasteiger partial charge in [-0.15, -0.1) is 0 Å². The van der Waals surface area contributed by atoms with E-state index in [0.717, 1.165) is 4.90 Å². The van der Waals surface area contributed by atoms with E-state index in [1.807, 2.05) is 0 Å². The van der Waals surface area contributed by atoms with Gasteiger partial charge < -0.3 is 14.3 Å². The molecule has 8 nitrogen and oxygen atoms in total. The van der Waals surface area contributed by atoms with Crippen molar-refractivity contribution in [3.05, 3.63) is 33.9 Å². The number of nitro groups is 1. The summed E-state index contributed by atoms with van der Waals surface area (Å²) in [5.74, 6) is 0.0111. The maximum absolute atomic E-state index is 12.1. The van der Waals surface area contributed by atoms with Crippen LogP contribution in [0, 0.1) is 10.1 Å². The van der Waals surface area contributed by atoms with E-state index in [0.29, 0.717) is 11.8 Å². The molecule has 0 spiro atoms. The molecular weight excluding hydrogens is 304 g/mol. The van der Waals surface area contributed by atoms with Gasteiger partial charge in [0.15, 0.2) is 5.75 Å². The third kappa shape index (κ3) is 4.67. The third-order valence-corrected chi connectivity index (χ3v) is 2.97. The van der Waals surface area contributed by atoms with Crippen LogP contribution in [0.4, 0.5) is 10.5 Å². The molecule has 0 bridgehead atoms. The van der Waals surface area contributed by atoms with Gasteiger partial charge in [-0.1, -0.05) is 0 Å². The first-order valence-electron chi connectivity index (χ1n) is 6.84. The third-order valence-electron chi connectivity index (χ3n) is 2.97. The number of carbonyl (C=O) groups is 2. The fraction of sp³-hybridized carbons (Fsp3) is 0.467. The van der Waals surface area contributed by atoms with Crippen LogP contribution in [0.25, 0.3) is 0 Å². The number of hydrogen-bond donors (Lipinski definition) is 0. The molecule has 8 heteroatoms. The standard InChI is InChI=1S/C15H20N2O6/c1-15(2,3)23-14(19)16(4)12(9-18)10-6-7-11(17(20)21)13(8-10)22-5/h6-9,12H,1-5H3. The van der Waals surface area contributed by atoms with E-state index in [1.165, 1.54) is 32.4 Å². The van der Waals surface area contributed by atoms with E-state index < -0.39 is 22.7 Å². The molecule has 1 atom stereocenters. The molecule has 1 aromatic rings. The largest absolute Gasteiger partial charge is 0.490 e. The van der Waals surface area contributed by atoms with Gasteiger partial charge in [-0.3, -0.25) is 15.0 Å². The first-order valence-corrected chi connectivity index (χ1v) is 6.84. The molecule has 0 fully saturated rings. The molecule has 1 amide bonds. The summed E-state index contributed by atoms with van der Waals surface area (Å²) in [5, 5.41) is 10.9. The lowest BCUT2D eigenvalue weighted by molar-refractivity contribution is -0.385. The van der Waals surface area contributed by atoms with Crippen LogP contribution in [0.2, 0.25) is 0 Å². The second kappa shape index (κ2) is 7.08. The highest BCUT2D eigenvalue weighted by molar-refractivity contribution is 5.75. The van der Waals surface area contributed by atoms with E-state index >= 15 is 0 Å². The highest BCUT2D eigenvalue weighted by Gasteiger charge is 2.27. The van der Waals surface area contributed by atoms with Gasteiger partial charge in [0.1, 0.15) is 17.9 Å². The fourth-order valence-corrected chi connectivity index (χ4v) is 1.87. The molecule has 0 aliphatic carbocycles. The molecule has 126 valence electrons. The quantitative estimate of drug-likeness (QED) is 0.469. The monoisotopic (exact) mass is 324 g/mol. The zero-order valence-electron chi connectivity index (χ0n) is 13.7. The Labute approximate surface area is 134 Å². The van der Waals surface area contributed by atoms with Gasteiger partial charge in [-0.05, 0) is 38.5 Å². The van der Waals surface area contributed by atoms with Crippen LogP contribution in [-0.2, 0) is 9.53 Å². The van der Waals surface area contributed by atoms with Gasteiger partial charge in [-0.2, -0.15) is 0 Å². The lowest BCUT2D eigenvalue weighted by Gasteiger charge is -2.28. The summed E-state index contributed by atoms with van der Waals surface area (Å²) in [7, 11) is 2.71. The van der Waals surface area contributed by atoms with Gasteiger partial charge in [0.25, 0.3) is 0 Å². The topological polar surface area (TPSA) is 99.0 Å². The molecule has 0 N–H and O–H groups in total. The van der Waals surface area contributed by atoms with Crippen LogP contribution in [0.3, 0.4) is 0 Å². The van der Waals surface area contributed by atoms with Crippen molar-refractivity contribution in [2.75, 3.05) is 14.2 Å². The number of amides is 1. The van der Waals surface area contributed by atoms with E-state index in [1.54, 1.807) is 20.8 Å². The smallest absolute Gasteiger partial charge is 0.410 e. The van der Waals surface area contributed by atoms with Gasteiger partial charge in [0.05, 0.1) is 12.0 Å². The van der Waals surface area contributed by atoms with E-state index in [2.05, 4.69) is 0 Å². The Hall–Kier alpha value is -2.64. The highest BCUT2D eigenvalue weighted by Crippen LogP contribution is 2.31. The number of aldehydes is 1. The molecule has 0 saturated carbocycles. The van der Waals surface area contributed by atoms with Crippen LogP contribution in [0.1, 0.15) is 32.4 Å². The zero-order chi connectivity index (χ0) is 17.8. The molecule has 0 heterocycles. The summed E-state index contributed by atoms with van der Waals surface area (Å²) in [6.07, 6.45) is -0.114. The maximum Gasteiger partial charge on any atom is 0.410 e. The Morgan fingerprint density at radius 1 is 1.39 bits per heavy atom. The van der Waals surface area contributed by atoms with Crippen molar-refractivity contribution in [3.63, 3.8) is 0 Å². The van der Waals surface area contributed by atoms with E-state index in [9.17, 15) is 19.7 Å². The summed E-state index contributed by atoms with van der Waals surface area (Å²) in [4.78, 5) is 34.9. The predicted molar refractivity (Wildman–Crippen MR) is 82.5 cm³/mol. The van der Waals surface area contributed by atoms with Crippen molar-refractivity contribution in [3.8, 4) is 5.75 Å². The Bertz CT molecular complexity index is 608. The molecule has 23 heavy (non-hydrogen) atoms. The Balaban J connectivity index is 3.13. The Morgan fingerprint density at radius 3 is 2.43 bits per heavy atom. The molecule has 0 aliphatic rings. The lowest BCUT2D eigenvalue weighted by Crippen LogP contribution is -2.37. The number of likely N-dealkylation sites (N-methyl/N-ethyl adjacent to an activating group) is 1. The van der Waals surface area contributed by atoms with Gasteiger partial charge in [0.2, 0.25) is 0 Å². The summed E-state index contributed by atoms with van der Waals surface area (Å²) < 4.78 is 10.2. The van der Waals surface area contributed by atoms with Crippen molar-refractivity contribution in [1.29, 1.82) is 0 Å². The lowest BCUT2D eigenvalue weighted by atomic mass is 10.1. The van der Waals surface area contributed by atoms with Crippen LogP contribution >= 0.6 is 0 Å². The normalized spacial score (nSPS) is 12.2. The van der Waals surface area contributed by atoms with Crippen LogP contribution in [0.5, 0.6) is 5.75 Å². The molecule has 1 aromatic carbocycles. The molecule has 1 unspecified atom stereocenters. The van der Waals surface area contributed by atoms with Gasteiger partial charge in [-0.25, -0.2) is 4.79 Å². The number of nitrogens with zero attached hydrogens (tertiary/aromatic N) is 2. The van der Waals surface area contributed by atoms with Crippen LogP contribution in [-0.4, -0.2) is 42.0 Å².